The summed E-state index contributed by atoms with van der Waals surface area (Å²) in [5.41, 5.74) is 0. The van der Waals surface area contributed by atoms with Gasteiger partial charge in [0.1, 0.15) is 12.2 Å². The van der Waals surface area contributed by atoms with E-state index in [9.17, 15) is 29.4 Å². The Morgan fingerprint density at radius 3 is 0.610 bits per heavy atom. The van der Waals surface area contributed by atoms with E-state index in [0.717, 1.165) is 103 Å². The number of esters is 2. The number of aliphatic carboxylic acids is 2. The van der Waals surface area contributed by atoms with Gasteiger partial charge in [-0.25, -0.2) is 0 Å². The van der Waals surface area contributed by atoms with Crippen LogP contribution in [0.15, 0.2) is 0 Å². The SMILES string of the molecule is CCCCCCCCCCCCCCCC(=O)OC(CC)CCCCCCCCCCCCCCC(=O)[O-].CCCCCCCCCCCCCCCC(=O)OC(CC)CCCCCCCCCCCCCCC(=O)[O-].[Ca+2]. The van der Waals surface area contributed by atoms with Gasteiger partial charge in [0.15, 0.2) is 0 Å². The molecule has 0 heterocycles. The van der Waals surface area contributed by atoms with Gasteiger partial charge in [-0.15, -0.1) is 0 Å². The van der Waals surface area contributed by atoms with Gasteiger partial charge < -0.3 is 29.3 Å². The molecule has 0 aromatic heterocycles. The molecule has 0 saturated heterocycles. The van der Waals surface area contributed by atoms with Crippen LogP contribution >= 0.6 is 0 Å². The molecule has 0 spiro atoms. The van der Waals surface area contributed by atoms with Crippen LogP contribution < -0.4 is 10.2 Å². The Labute approximate surface area is 509 Å². The number of carbonyl (C=O) groups is 4. The van der Waals surface area contributed by atoms with Gasteiger partial charge in [0.05, 0.1) is 0 Å². The second-order valence-electron chi connectivity index (χ2n) is 23.3. The number of ether oxygens (including phenoxy) is 2. The molecule has 0 saturated carbocycles. The van der Waals surface area contributed by atoms with E-state index in [1.54, 1.807) is 0 Å². The number of carboxylic acid groups (broad SMARTS) is 2. The maximum atomic E-state index is 12.2. The van der Waals surface area contributed by atoms with Crippen LogP contribution in [0.3, 0.4) is 0 Å². The number of hydrogen-bond acceptors (Lipinski definition) is 8. The predicted octanol–water partition coefficient (Wildman–Crippen LogP) is 19.6. The van der Waals surface area contributed by atoms with Gasteiger partial charge >= 0.3 is 49.7 Å². The Kier molecular flexibility index (Phi) is 72.4. The molecule has 0 aliphatic rings. The van der Waals surface area contributed by atoms with Crippen molar-refractivity contribution in [2.75, 3.05) is 0 Å². The summed E-state index contributed by atoms with van der Waals surface area (Å²) < 4.78 is 11.5. The Bertz CT molecular complexity index is 1110. The Morgan fingerprint density at radius 1 is 0.260 bits per heavy atom. The van der Waals surface area contributed by atoms with Crippen LogP contribution in [0, 0.1) is 0 Å². The van der Waals surface area contributed by atoms with Gasteiger partial charge in [0.25, 0.3) is 0 Å². The second-order valence-corrected chi connectivity index (χ2v) is 23.3. The first-order valence-electron chi connectivity index (χ1n) is 34.0. The third-order valence-electron chi connectivity index (χ3n) is 15.8. The van der Waals surface area contributed by atoms with Crippen molar-refractivity contribution in [3.05, 3.63) is 0 Å². The van der Waals surface area contributed by atoms with E-state index >= 15 is 0 Å². The van der Waals surface area contributed by atoms with Crippen LogP contribution in [0.1, 0.15) is 400 Å². The summed E-state index contributed by atoms with van der Waals surface area (Å²) in [4.78, 5) is 45.2. The molecule has 0 amide bonds. The number of hydrogen-bond donors (Lipinski definition) is 0. The summed E-state index contributed by atoms with van der Waals surface area (Å²) in [7, 11) is 0. The molecule has 0 rings (SSSR count). The molecule has 9 heteroatoms. The minimum atomic E-state index is -0.920. The van der Waals surface area contributed by atoms with Gasteiger partial charge in [-0.2, -0.15) is 0 Å². The van der Waals surface area contributed by atoms with E-state index < -0.39 is 11.9 Å². The van der Waals surface area contributed by atoms with E-state index in [0.29, 0.717) is 12.8 Å². The van der Waals surface area contributed by atoms with Crippen molar-refractivity contribution in [1.82, 2.24) is 0 Å². The maximum Gasteiger partial charge on any atom is 2.00 e. The second kappa shape index (κ2) is 69.4. The zero-order valence-corrected chi connectivity index (χ0v) is 54.3. The molecule has 0 fully saturated rings. The normalized spacial score (nSPS) is 11.9. The summed E-state index contributed by atoms with van der Waals surface area (Å²) in [5, 5.41) is 20.7. The van der Waals surface area contributed by atoms with Crippen molar-refractivity contribution in [2.45, 2.75) is 412 Å². The summed E-state index contributed by atoms with van der Waals surface area (Å²) in [6, 6.07) is 0. The minimum absolute atomic E-state index is 0. The maximum absolute atomic E-state index is 12.2. The first-order valence-corrected chi connectivity index (χ1v) is 34.0. The molecule has 8 nitrogen and oxygen atoms in total. The van der Waals surface area contributed by atoms with Gasteiger partial charge in [0, 0.05) is 24.8 Å². The molecule has 0 bridgehead atoms. The van der Waals surface area contributed by atoms with E-state index in [1.165, 1.54) is 244 Å². The monoisotopic (exact) mass is 1110 g/mol. The van der Waals surface area contributed by atoms with Crippen LogP contribution in [0.25, 0.3) is 0 Å². The number of rotatable bonds is 62. The molecule has 2 atom stereocenters. The molecule has 0 aromatic carbocycles. The van der Waals surface area contributed by atoms with E-state index in [2.05, 4.69) is 27.7 Å². The molecule has 77 heavy (non-hydrogen) atoms. The smallest absolute Gasteiger partial charge is 0.550 e. The number of carboxylic acids is 2. The number of unbranched alkanes of at least 4 members (excludes halogenated alkanes) is 46. The molecular weight excluding hydrogens is 985 g/mol. The fourth-order valence-corrected chi connectivity index (χ4v) is 10.6. The third kappa shape index (κ3) is 71.2. The van der Waals surface area contributed by atoms with Crippen molar-refractivity contribution in [2.24, 2.45) is 0 Å². The quantitative estimate of drug-likeness (QED) is 0.0334. The van der Waals surface area contributed by atoms with Crippen LogP contribution in [-0.4, -0.2) is 73.8 Å². The number of carbonyl (C=O) groups excluding carboxylic acids is 4. The predicted molar refractivity (Wildman–Crippen MR) is 326 cm³/mol. The van der Waals surface area contributed by atoms with Crippen LogP contribution in [0.5, 0.6) is 0 Å². The molecule has 0 radical (unpaired) electrons. The topological polar surface area (TPSA) is 133 Å². The van der Waals surface area contributed by atoms with Crippen molar-refractivity contribution in [1.29, 1.82) is 0 Å². The molecular formula is C68H130CaO8. The molecule has 0 aliphatic carbocycles. The fraction of sp³-hybridized carbons (Fsp3) is 0.941. The van der Waals surface area contributed by atoms with Crippen LogP contribution in [0.2, 0.25) is 0 Å². The third-order valence-corrected chi connectivity index (χ3v) is 15.8. The van der Waals surface area contributed by atoms with Crippen molar-refractivity contribution >= 4 is 61.6 Å². The van der Waals surface area contributed by atoms with Gasteiger partial charge in [0.2, 0.25) is 0 Å². The molecule has 452 valence electrons. The Morgan fingerprint density at radius 2 is 0.429 bits per heavy atom. The van der Waals surface area contributed by atoms with E-state index in [1.807, 2.05) is 0 Å². The first kappa shape index (κ1) is 80.4. The molecule has 0 aromatic rings. The largest absolute Gasteiger partial charge is 2.00 e. The van der Waals surface area contributed by atoms with Crippen LogP contribution in [-0.2, 0) is 28.7 Å². The standard InChI is InChI=1S/2C34H66O4.Ca/c2*1-3-5-6-7-8-9-10-11-16-19-22-25-28-31-34(37)38-32(4-2)29-26-23-20-17-14-12-13-15-18-21-24-27-30-33(35)36;/h2*32H,3-31H2,1-2H3,(H,35,36);/q;;+2/p-2. The van der Waals surface area contributed by atoms with Gasteiger partial charge in [-0.05, 0) is 77.0 Å². The average Bonchev–Trinajstić information content (AvgIpc) is 3.40. The minimum Gasteiger partial charge on any atom is -0.550 e. The van der Waals surface area contributed by atoms with E-state index in [-0.39, 0.29) is 74.7 Å². The van der Waals surface area contributed by atoms with Gasteiger partial charge in [-0.1, -0.05) is 310 Å². The summed E-state index contributed by atoms with van der Waals surface area (Å²) in [5.74, 6) is -1.81. The summed E-state index contributed by atoms with van der Waals surface area (Å²) in [6.07, 6.45) is 68.9. The molecule has 0 N–H and O–H groups in total. The van der Waals surface area contributed by atoms with Crippen LogP contribution in [0.4, 0.5) is 0 Å². The first-order chi connectivity index (χ1) is 37.2. The Hall–Kier alpha value is -0.860. The Balaban J connectivity index is -0.00000140. The van der Waals surface area contributed by atoms with Crippen molar-refractivity contribution < 1.29 is 38.9 Å². The molecule has 2 unspecified atom stereocenters. The zero-order chi connectivity index (χ0) is 55.9. The average molecular weight is 1120 g/mol. The van der Waals surface area contributed by atoms with Crippen molar-refractivity contribution in [3.63, 3.8) is 0 Å². The summed E-state index contributed by atoms with van der Waals surface area (Å²) in [6.45, 7) is 8.81. The zero-order valence-electron chi connectivity index (χ0n) is 52.1. The van der Waals surface area contributed by atoms with Crippen molar-refractivity contribution in [3.8, 4) is 0 Å². The fourth-order valence-electron chi connectivity index (χ4n) is 10.6. The van der Waals surface area contributed by atoms with Gasteiger partial charge in [-0.3, -0.25) is 9.59 Å². The summed E-state index contributed by atoms with van der Waals surface area (Å²) >= 11 is 0. The molecule has 0 aliphatic heterocycles. The van der Waals surface area contributed by atoms with E-state index in [4.69, 9.17) is 9.47 Å².